The fourth-order valence-electron chi connectivity index (χ4n) is 2.83. The second-order valence-corrected chi connectivity index (χ2v) is 6.39. The highest BCUT2D eigenvalue weighted by Gasteiger charge is 2.14. The van der Waals surface area contributed by atoms with Crippen molar-refractivity contribution in [2.75, 3.05) is 0 Å². The Hall–Kier alpha value is -4.58. The largest absolute Gasteiger partial charge is 0.403 e. The van der Waals surface area contributed by atoms with E-state index in [2.05, 4.69) is 36.3 Å². The van der Waals surface area contributed by atoms with Crippen molar-refractivity contribution in [3.63, 3.8) is 0 Å². The molecule has 0 fully saturated rings. The number of benzene rings is 1. The van der Waals surface area contributed by atoms with Gasteiger partial charge in [-0.1, -0.05) is 50.6 Å². The first-order chi connectivity index (χ1) is 15.5. The highest BCUT2D eigenvalue weighted by Crippen LogP contribution is 2.24. The molecule has 0 saturated heterocycles. The summed E-state index contributed by atoms with van der Waals surface area (Å²) in [7, 11) is 0. The van der Waals surface area contributed by atoms with E-state index >= 15 is 0 Å². The van der Waals surface area contributed by atoms with Gasteiger partial charge in [0.05, 0.1) is 22.5 Å². The molecule has 0 spiro atoms. The fraction of sp³-hybridized carbons (Fsp3) is 0. The molecule has 0 radical (unpaired) electrons. The van der Waals surface area contributed by atoms with Crippen molar-refractivity contribution in [3.05, 3.63) is 118 Å². The van der Waals surface area contributed by atoms with Gasteiger partial charge in [-0.05, 0) is 48.6 Å². The standard InChI is InChI=1S/C26H20N2O4/c1-5-9-11-19-21(7-3)27-23(31-25(19)29)17-13-15-18(16-14-17)24-28-22(8-4)20(12-10-6-2)26(30)32-24/h5-16H,1-4H2/b11-9-,12-10-. The van der Waals surface area contributed by atoms with E-state index in [0.29, 0.717) is 22.5 Å². The molecular weight excluding hydrogens is 404 g/mol. The van der Waals surface area contributed by atoms with Gasteiger partial charge in [-0.25, -0.2) is 19.6 Å². The van der Waals surface area contributed by atoms with Gasteiger partial charge < -0.3 is 8.83 Å². The Labute approximate surface area is 184 Å². The van der Waals surface area contributed by atoms with Crippen LogP contribution in [0, 0.1) is 0 Å². The molecule has 0 aliphatic rings. The number of hydrogen-bond donors (Lipinski definition) is 0. The monoisotopic (exact) mass is 424 g/mol. The first-order valence-electron chi connectivity index (χ1n) is 9.56. The second kappa shape index (κ2) is 9.95. The lowest BCUT2D eigenvalue weighted by Gasteiger charge is -2.06. The summed E-state index contributed by atoms with van der Waals surface area (Å²) in [5, 5.41) is 0. The van der Waals surface area contributed by atoms with Crippen molar-refractivity contribution in [1.82, 2.24) is 9.97 Å². The normalized spacial score (nSPS) is 11.0. The van der Waals surface area contributed by atoms with Crippen LogP contribution >= 0.6 is 0 Å². The molecule has 2 heterocycles. The van der Waals surface area contributed by atoms with Gasteiger partial charge in [0.15, 0.2) is 0 Å². The highest BCUT2D eigenvalue weighted by molar-refractivity contribution is 5.67. The van der Waals surface area contributed by atoms with Crippen LogP contribution in [-0.2, 0) is 0 Å². The first-order valence-corrected chi connectivity index (χ1v) is 9.56. The summed E-state index contributed by atoms with van der Waals surface area (Å²) in [4.78, 5) is 33.5. The molecule has 3 aromatic rings. The maximum atomic E-state index is 12.4. The lowest BCUT2D eigenvalue weighted by Crippen LogP contribution is -2.09. The zero-order valence-electron chi connectivity index (χ0n) is 17.3. The Bertz CT molecular complexity index is 1260. The van der Waals surface area contributed by atoms with Crippen molar-refractivity contribution in [3.8, 4) is 22.9 Å². The smallest absolute Gasteiger partial charge is 0.347 e. The summed E-state index contributed by atoms with van der Waals surface area (Å²) in [6.07, 6.45) is 12.4. The van der Waals surface area contributed by atoms with Crippen LogP contribution in [0.2, 0.25) is 0 Å². The molecular formula is C26H20N2O4. The van der Waals surface area contributed by atoms with Gasteiger partial charge in [-0.3, -0.25) is 0 Å². The van der Waals surface area contributed by atoms with E-state index in [4.69, 9.17) is 8.83 Å². The van der Waals surface area contributed by atoms with Crippen molar-refractivity contribution in [2.24, 2.45) is 0 Å². The SMILES string of the molecule is C=C/C=C\c1c(C=C)nc(-c2ccc(-c3nc(C=C)c(/C=C\C=C)c(=O)o3)cc2)oc1=O. The number of hydrogen-bond acceptors (Lipinski definition) is 6. The van der Waals surface area contributed by atoms with Crippen molar-refractivity contribution in [2.45, 2.75) is 0 Å². The summed E-state index contributed by atoms with van der Waals surface area (Å²) in [6, 6.07) is 6.75. The minimum absolute atomic E-state index is 0.137. The van der Waals surface area contributed by atoms with Crippen molar-refractivity contribution < 1.29 is 8.83 Å². The van der Waals surface area contributed by atoms with Crippen LogP contribution in [0.1, 0.15) is 22.5 Å². The Morgan fingerprint density at radius 1 is 0.656 bits per heavy atom. The zero-order valence-corrected chi connectivity index (χ0v) is 17.3. The number of allylic oxidation sites excluding steroid dienone is 4. The Morgan fingerprint density at radius 2 is 1.03 bits per heavy atom. The third-order valence-electron chi connectivity index (χ3n) is 4.38. The average Bonchev–Trinajstić information content (AvgIpc) is 2.81. The molecule has 6 nitrogen and oxygen atoms in total. The molecule has 0 unspecified atom stereocenters. The minimum atomic E-state index is -0.543. The Morgan fingerprint density at radius 3 is 1.34 bits per heavy atom. The van der Waals surface area contributed by atoms with Gasteiger partial charge in [0.25, 0.3) is 0 Å². The molecule has 6 heteroatoms. The minimum Gasteiger partial charge on any atom is -0.403 e. The maximum absolute atomic E-state index is 12.4. The summed E-state index contributed by atoms with van der Waals surface area (Å²) in [6.45, 7) is 14.6. The Kier molecular flexibility index (Phi) is 6.88. The Balaban J connectivity index is 2.02. The van der Waals surface area contributed by atoms with E-state index < -0.39 is 11.3 Å². The molecule has 32 heavy (non-hydrogen) atoms. The highest BCUT2D eigenvalue weighted by atomic mass is 16.4. The molecule has 0 atom stereocenters. The molecule has 0 N–H and O–H groups in total. The van der Waals surface area contributed by atoms with Crippen LogP contribution in [0.3, 0.4) is 0 Å². The lowest BCUT2D eigenvalue weighted by molar-refractivity contribution is 0.503. The summed E-state index contributed by atoms with van der Waals surface area (Å²) < 4.78 is 10.7. The van der Waals surface area contributed by atoms with Crippen LogP contribution < -0.4 is 11.3 Å². The van der Waals surface area contributed by atoms with E-state index in [1.807, 2.05) is 0 Å². The zero-order chi connectivity index (χ0) is 23.1. The first kappa shape index (κ1) is 22.1. The molecule has 1 aromatic carbocycles. The van der Waals surface area contributed by atoms with Crippen LogP contribution in [0.5, 0.6) is 0 Å². The van der Waals surface area contributed by atoms with E-state index in [9.17, 15) is 9.59 Å². The third kappa shape index (κ3) is 4.60. The molecule has 0 bridgehead atoms. The van der Waals surface area contributed by atoms with Crippen LogP contribution in [0.15, 0.2) is 93.3 Å². The van der Waals surface area contributed by atoms with Crippen LogP contribution in [0.25, 0.3) is 47.2 Å². The van der Waals surface area contributed by atoms with Gasteiger partial charge in [-0.2, -0.15) is 0 Å². The second-order valence-electron chi connectivity index (χ2n) is 6.39. The molecule has 158 valence electrons. The van der Waals surface area contributed by atoms with E-state index in [1.165, 1.54) is 12.2 Å². The van der Waals surface area contributed by atoms with Gasteiger partial charge in [0, 0.05) is 11.1 Å². The van der Waals surface area contributed by atoms with Gasteiger partial charge >= 0.3 is 11.3 Å². The molecule has 3 rings (SSSR count). The average molecular weight is 424 g/mol. The van der Waals surface area contributed by atoms with Gasteiger partial charge in [-0.15, -0.1) is 0 Å². The molecule has 0 aliphatic carbocycles. The van der Waals surface area contributed by atoms with Crippen LogP contribution in [0.4, 0.5) is 0 Å². The predicted molar refractivity (Wildman–Crippen MR) is 129 cm³/mol. The van der Waals surface area contributed by atoms with Gasteiger partial charge in [0.1, 0.15) is 0 Å². The number of nitrogens with zero attached hydrogens (tertiary/aromatic N) is 2. The predicted octanol–water partition coefficient (Wildman–Crippen LogP) is 5.40. The van der Waals surface area contributed by atoms with Crippen LogP contribution in [-0.4, -0.2) is 9.97 Å². The number of aromatic nitrogens is 2. The van der Waals surface area contributed by atoms with E-state index in [-0.39, 0.29) is 22.9 Å². The molecule has 0 amide bonds. The number of rotatable bonds is 8. The molecule has 0 aliphatic heterocycles. The maximum Gasteiger partial charge on any atom is 0.347 e. The van der Waals surface area contributed by atoms with Crippen molar-refractivity contribution in [1.29, 1.82) is 0 Å². The van der Waals surface area contributed by atoms with E-state index in [0.717, 1.165) is 0 Å². The summed E-state index contributed by atoms with van der Waals surface area (Å²) in [5.41, 5.74) is 1.39. The van der Waals surface area contributed by atoms with E-state index in [1.54, 1.807) is 60.7 Å². The fourth-order valence-corrected chi connectivity index (χ4v) is 2.83. The third-order valence-corrected chi connectivity index (χ3v) is 4.38. The summed E-state index contributed by atoms with van der Waals surface area (Å²) in [5.74, 6) is 0.275. The molecule has 2 aromatic heterocycles. The van der Waals surface area contributed by atoms with Gasteiger partial charge in [0.2, 0.25) is 11.8 Å². The van der Waals surface area contributed by atoms with Crippen molar-refractivity contribution >= 4 is 24.3 Å². The molecule has 0 saturated carbocycles. The topological polar surface area (TPSA) is 86.2 Å². The lowest BCUT2D eigenvalue weighted by atomic mass is 10.1. The summed E-state index contributed by atoms with van der Waals surface area (Å²) >= 11 is 0. The quantitative estimate of drug-likeness (QED) is 0.450.